The molecule has 1 amide bonds. The minimum atomic E-state index is -0.388. The van der Waals surface area contributed by atoms with E-state index in [1.165, 1.54) is 0 Å². The van der Waals surface area contributed by atoms with E-state index >= 15 is 0 Å². The highest BCUT2D eigenvalue weighted by Gasteiger charge is 2.05. The van der Waals surface area contributed by atoms with Crippen molar-refractivity contribution in [3.8, 4) is 11.5 Å². The highest BCUT2D eigenvalue weighted by molar-refractivity contribution is 5.76. The average molecular weight is 210 g/mol. The van der Waals surface area contributed by atoms with Crippen molar-refractivity contribution in [2.75, 3.05) is 13.2 Å². The van der Waals surface area contributed by atoms with Crippen molar-refractivity contribution in [1.29, 1.82) is 0 Å². The number of benzene rings is 1. The molecule has 0 heterocycles. The molecule has 0 saturated heterocycles. The zero-order valence-corrected chi connectivity index (χ0v) is 8.53. The molecule has 0 aromatic heterocycles. The summed E-state index contributed by atoms with van der Waals surface area (Å²) in [6.07, 6.45) is 0. The largest absolute Gasteiger partial charge is 0.490 e. The second-order valence-corrected chi connectivity index (χ2v) is 2.74. The third-order valence-electron chi connectivity index (χ3n) is 1.67. The van der Waals surface area contributed by atoms with Gasteiger partial charge in [0.1, 0.15) is 0 Å². The first kappa shape index (κ1) is 11.3. The molecule has 3 N–H and O–H groups in total. The number of ether oxygens (including phenoxy) is 2. The lowest BCUT2D eigenvalue weighted by Crippen LogP contribution is -2.34. The molecular formula is C10H14N2O3. The van der Waals surface area contributed by atoms with Crippen molar-refractivity contribution in [2.45, 2.75) is 6.92 Å². The van der Waals surface area contributed by atoms with Crippen LogP contribution in [0.15, 0.2) is 24.3 Å². The zero-order valence-electron chi connectivity index (χ0n) is 8.53. The van der Waals surface area contributed by atoms with Gasteiger partial charge in [-0.2, -0.15) is 0 Å². The standard InChI is InChI=1S/C10H14N2O3/c1-2-14-8-5-3-4-6-9(8)15-7-10(13)12-11/h3-6H,2,7,11H2,1H3,(H,12,13). The Morgan fingerprint density at radius 1 is 1.33 bits per heavy atom. The number of amides is 1. The number of rotatable bonds is 5. The van der Waals surface area contributed by atoms with Gasteiger partial charge in [-0.15, -0.1) is 0 Å². The van der Waals surface area contributed by atoms with Gasteiger partial charge < -0.3 is 9.47 Å². The Hall–Kier alpha value is -1.75. The lowest BCUT2D eigenvalue weighted by molar-refractivity contribution is -0.123. The first-order chi connectivity index (χ1) is 7.27. The number of nitrogens with one attached hydrogen (secondary N) is 1. The summed E-state index contributed by atoms with van der Waals surface area (Å²) in [5.74, 6) is 5.68. The number of nitrogens with two attached hydrogens (primary N) is 1. The van der Waals surface area contributed by atoms with Crippen molar-refractivity contribution < 1.29 is 14.3 Å². The van der Waals surface area contributed by atoms with Crippen LogP contribution in [0.25, 0.3) is 0 Å². The fourth-order valence-corrected chi connectivity index (χ4v) is 1.03. The van der Waals surface area contributed by atoms with Crippen LogP contribution >= 0.6 is 0 Å². The fraction of sp³-hybridized carbons (Fsp3) is 0.300. The van der Waals surface area contributed by atoms with E-state index in [1.807, 2.05) is 18.4 Å². The van der Waals surface area contributed by atoms with Crippen LogP contribution in [0.4, 0.5) is 0 Å². The van der Waals surface area contributed by atoms with E-state index in [0.717, 1.165) is 0 Å². The summed E-state index contributed by atoms with van der Waals surface area (Å²) in [5.41, 5.74) is 1.98. The number of carbonyl (C=O) groups is 1. The Kier molecular flexibility index (Phi) is 4.43. The van der Waals surface area contributed by atoms with Gasteiger partial charge in [-0.25, -0.2) is 5.84 Å². The molecule has 5 nitrogen and oxygen atoms in total. The number of carbonyl (C=O) groups excluding carboxylic acids is 1. The van der Waals surface area contributed by atoms with E-state index in [2.05, 4.69) is 0 Å². The SMILES string of the molecule is CCOc1ccccc1OCC(=O)NN. The van der Waals surface area contributed by atoms with E-state index < -0.39 is 0 Å². The smallest absolute Gasteiger partial charge is 0.271 e. The molecule has 0 aliphatic carbocycles. The first-order valence-electron chi connectivity index (χ1n) is 4.62. The third kappa shape index (κ3) is 3.47. The van der Waals surface area contributed by atoms with Crippen molar-refractivity contribution in [3.63, 3.8) is 0 Å². The summed E-state index contributed by atoms with van der Waals surface area (Å²) in [7, 11) is 0. The molecule has 1 aromatic rings. The van der Waals surface area contributed by atoms with Gasteiger partial charge in [0.15, 0.2) is 18.1 Å². The van der Waals surface area contributed by atoms with Gasteiger partial charge in [0, 0.05) is 0 Å². The van der Waals surface area contributed by atoms with E-state index in [-0.39, 0.29) is 12.5 Å². The van der Waals surface area contributed by atoms with E-state index in [1.54, 1.807) is 18.2 Å². The Labute approximate surface area is 88.1 Å². The Bertz CT molecular complexity index is 328. The van der Waals surface area contributed by atoms with E-state index in [9.17, 15) is 4.79 Å². The van der Waals surface area contributed by atoms with Gasteiger partial charge in [-0.05, 0) is 19.1 Å². The monoisotopic (exact) mass is 210 g/mol. The minimum absolute atomic E-state index is 0.124. The summed E-state index contributed by atoms with van der Waals surface area (Å²) in [6.45, 7) is 2.30. The fourth-order valence-electron chi connectivity index (χ4n) is 1.03. The predicted molar refractivity (Wildman–Crippen MR) is 55.4 cm³/mol. The lowest BCUT2D eigenvalue weighted by atomic mass is 10.3. The molecular weight excluding hydrogens is 196 g/mol. The summed E-state index contributed by atoms with van der Waals surface area (Å²) in [6, 6.07) is 7.15. The maximum absolute atomic E-state index is 10.9. The van der Waals surface area contributed by atoms with Crippen LogP contribution in [0.2, 0.25) is 0 Å². The second-order valence-electron chi connectivity index (χ2n) is 2.74. The number of hydrazine groups is 1. The second kappa shape index (κ2) is 5.87. The van der Waals surface area contributed by atoms with Crippen LogP contribution in [0, 0.1) is 0 Å². The molecule has 0 unspecified atom stereocenters. The van der Waals surface area contributed by atoms with Crippen LogP contribution in [0.5, 0.6) is 11.5 Å². The number of para-hydroxylation sites is 2. The van der Waals surface area contributed by atoms with Crippen molar-refractivity contribution >= 4 is 5.91 Å². The number of hydrogen-bond donors (Lipinski definition) is 2. The van der Waals surface area contributed by atoms with Gasteiger partial charge >= 0.3 is 0 Å². The van der Waals surface area contributed by atoms with Gasteiger partial charge in [0.05, 0.1) is 6.61 Å². The van der Waals surface area contributed by atoms with Gasteiger partial charge in [-0.1, -0.05) is 12.1 Å². The Balaban J connectivity index is 2.62. The maximum Gasteiger partial charge on any atom is 0.271 e. The lowest BCUT2D eigenvalue weighted by Gasteiger charge is -2.10. The van der Waals surface area contributed by atoms with Crippen LogP contribution in [0.3, 0.4) is 0 Å². The summed E-state index contributed by atoms with van der Waals surface area (Å²) < 4.78 is 10.5. The van der Waals surface area contributed by atoms with E-state index in [0.29, 0.717) is 18.1 Å². The van der Waals surface area contributed by atoms with Crippen LogP contribution in [0.1, 0.15) is 6.92 Å². The summed E-state index contributed by atoms with van der Waals surface area (Å²) in [5, 5.41) is 0. The van der Waals surface area contributed by atoms with Crippen molar-refractivity contribution in [2.24, 2.45) is 5.84 Å². The van der Waals surface area contributed by atoms with Gasteiger partial charge in [0.25, 0.3) is 5.91 Å². The highest BCUT2D eigenvalue weighted by atomic mass is 16.5. The summed E-state index contributed by atoms with van der Waals surface area (Å²) in [4.78, 5) is 10.9. The Morgan fingerprint density at radius 2 is 1.93 bits per heavy atom. The average Bonchev–Trinajstić information content (AvgIpc) is 2.28. The minimum Gasteiger partial charge on any atom is -0.490 e. The summed E-state index contributed by atoms with van der Waals surface area (Å²) >= 11 is 0. The highest BCUT2D eigenvalue weighted by Crippen LogP contribution is 2.25. The van der Waals surface area contributed by atoms with Crippen LogP contribution in [-0.2, 0) is 4.79 Å². The zero-order chi connectivity index (χ0) is 11.1. The topological polar surface area (TPSA) is 73.6 Å². The molecule has 0 aliphatic rings. The molecule has 1 rings (SSSR count). The molecule has 15 heavy (non-hydrogen) atoms. The molecule has 0 aliphatic heterocycles. The Morgan fingerprint density at radius 3 is 2.47 bits per heavy atom. The normalized spacial score (nSPS) is 9.47. The van der Waals surface area contributed by atoms with Crippen molar-refractivity contribution in [3.05, 3.63) is 24.3 Å². The molecule has 0 bridgehead atoms. The third-order valence-corrected chi connectivity index (χ3v) is 1.67. The molecule has 0 radical (unpaired) electrons. The number of hydrogen-bond acceptors (Lipinski definition) is 4. The molecule has 5 heteroatoms. The molecule has 0 spiro atoms. The molecule has 0 fully saturated rings. The van der Waals surface area contributed by atoms with Gasteiger partial charge in [0.2, 0.25) is 0 Å². The predicted octanol–water partition coefficient (Wildman–Crippen LogP) is 0.454. The quantitative estimate of drug-likeness (QED) is 0.420. The molecule has 82 valence electrons. The molecule has 0 atom stereocenters. The van der Waals surface area contributed by atoms with Gasteiger partial charge in [-0.3, -0.25) is 10.2 Å². The first-order valence-corrected chi connectivity index (χ1v) is 4.62. The maximum atomic E-state index is 10.9. The molecule has 0 saturated carbocycles. The van der Waals surface area contributed by atoms with Crippen molar-refractivity contribution in [1.82, 2.24) is 5.43 Å². The molecule has 1 aromatic carbocycles. The van der Waals surface area contributed by atoms with Crippen LogP contribution in [-0.4, -0.2) is 19.1 Å². The van der Waals surface area contributed by atoms with E-state index in [4.69, 9.17) is 15.3 Å². The van der Waals surface area contributed by atoms with Crippen LogP contribution < -0.4 is 20.7 Å².